The lowest BCUT2D eigenvalue weighted by Gasteiger charge is -2.29. The third kappa shape index (κ3) is 3.88. The second-order valence-corrected chi connectivity index (χ2v) is 5.14. The van der Waals surface area contributed by atoms with Crippen molar-refractivity contribution in [1.82, 2.24) is 0 Å². The fourth-order valence-electron chi connectivity index (χ4n) is 2.66. The fraction of sp³-hybridized carbons (Fsp3) is 0.562. The summed E-state index contributed by atoms with van der Waals surface area (Å²) in [5.41, 5.74) is 0.139. The smallest absolute Gasteiger partial charge is 0.339 e. The topological polar surface area (TPSA) is 65.0 Å². The summed E-state index contributed by atoms with van der Waals surface area (Å²) in [5.74, 6) is -0.198. The molecule has 2 unspecified atom stereocenters. The first-order chi connectivity index (χ1) is 10.2. The molecule has 1 saturated carbocycles. The SMILES string of the molecule is CCOc1cccc(C(=O)O)c1OC1CCCC(OC)C1. The summed E-state index contributed by atoms with van der Waals surface area (Å²) in [7, 11) is 1.70. The van der Waals surface area contributed by atoms with Crippen molar-refractivity contribution < 1.29 is 24.1 Å². The number of aromatic carboxylic acids is 1. The molecular weight excluding hydrogens is 272 g/mol. The second-order valence-electron chi connectivity index (χ2n) is 5.14. The van der Waals surface area contributed by atoms with Gasteiger partial charge >= 0.3 is 5.97 Å². The number of benzene rings is 1. The van der Waals surface area contributed by atoms with E-state index in [1.807, 2.05) is 6.92 Å². The van der Waals surface area contributed by atoms with Crippen LogP contribution in [0.2, 0.25) is 0 Å². The highest BCUT2D eigenvalue weighted by Crippen LogP contribution is 2.35. The van der Waals surface area contributed by atoms with E-state index in [0.717, 1.165) is 25.7 Å². The summed E-state index contributed by atoms with van der Waals surface area (Å²) in [6.07, 6.45) is 3.85. The van der Waals surface area contributed by atoms with Crippen LogP contribution in [0.5, 0.6) is 11.5 Å². The first-order valence-corrected chi connectivity index (χ1v) is 7.34. The van der Waals surface area contributed by atoms with Gasteiger partial charge in [0.25, 0.3) is 0 Å². The summed E-state index contributed by atoms with van der Waals surface area (Å²) in [4.78, 5) is 11.4. The summed E-state index contributed by atoms with van der Waals surface area (Å²) >= 11 is 0. The van der Waals surface area contributed by atoms with Gasteiger partial charge < -0.3 is 19.3 Å². The number of carboxylic acids is 1. The highest BCUT2D eigenvalue weighted by Gasteiger charge is 2.26. The molecular formula is C16H22O5. The summed E-state index contributed by atoms with van der Waals surface area (Å²) in [6.45, 7) is 2.32. The van der Waals surface area contributed by atoms with Crippen molar-refractivity contribution in [3.63, 3.8) is 0 Å². The number of rotatable bonds is 6. The van der Waals surface area contributed by atoms with Gasteiger partial charge in [-0.25, -0.2) is 4.79 Å². The average molecular weight is 294 g/mol. The Hall–Kier alpha value is -1.75. The third-order valence-corrected chi connectivity index (χ3v) is 3.70. The lowest BCUT2D eigenvalue weighted by Crippen LogP contribution is -2.30. The largest absolute Gasteiger partial charge is 0.490 e. The van der Waals surface area contributed by atoms with Crippen LogP contribution >= 0.6 is 0 Å². The summed E-state index contributed by atoms with van der Waals surface area (Å²) < 4.78 is 16.9. The molecule has 1 aromatic carbocycles. The van der Waals surface area contributed by atoms with E-state index in [-0.39, 0.29) is 17.8 Å². The zero-order valence-electron chi connectivity index (χ0n) is 12.5. The minimum Gasteiger partial charge on any atom is -0.490 e. The van der Waals surface area contributed by atoms with Gasteiger partial charge in [-0.2, -0.15) is 0 Å². The number of methoxy groups -OCH3 is 1. The molecule has 0 saturated heterocycles. The van der Waals surface area contributed by atoms with Crippen molar-refractivity contribution in [2.24, 2.45) is 0 Å². The predicted molar refractivity (Wildman–Crippen MR) is 78.3 cm³/mol. The maximum atomic E-state index is 11.4. The van der Waals surface area contributed by atoms with Gasteiger partial charge in [-0.15, -0.1) is 0 Å². The van der Waals surface area contributed by atoms with E-state index < -0.39 is 5.97 Å². The number of carboxylic acid groups (broad SMARTS) is 1. The maximum absolute atomic E-state index is 11.4. The zero-order chi connectivity index (χ0) is 15.2. The second kappa shape index (κ2) is 7.31. The van der Waals surface area contributed by atoms with E-state index in [1.54, 1.807) is 19.2 Å². The van der Waals surface area contributed by atoms with Gasteiger partial charge in [0.2, 0.25) is 0 Å². The minimum atomic E-state index is -1.01. The van der Waals surface area contributed by atoms with Crippen LogP contribution in [0.25, 0.3) is 0 Å². The third-order valence-electron chi connectivity index (χ3n) is 3.70. The fourth-order valence-corrected chi connectivity index (χ4v) is 2.66. The molecule has 1 aliphatic rings. The molecule has 5 heteroatoms. The molecule has 1 aromatic rings. The van der Waals surface area contributed by atoms with Crippen LogP contribution < -0.4 is 9.47 Å². The number of hydrogen-bond acceptors (Lipinski definition) is 4. The quantitative estimate of drug-likeness (QED) is 0.873. The Morgan fingerprint density at radius 3 is 2.76 bits per heavy atom. The van der Waals surface area contributed by atoms with E-state index >= 15 is 0 Å². The Labute approximate surface area is 124 Å². The molecule has 1 N–H and O–H groups in total. The van der Waals surface area contributed by atoms with Gasteiger partial charge in [0.1, 0.15) is 11.7 Å². The Kier molecular flexibility index (Phi) is 5.44. The normalized spacial score (nSPS) is 21.8. The van der Waals surface area contributed by atoms with Gasteiger partial charge in [-0.3, -0.25) is 0 Å². The Morgan fingerprint density at radius 2 is 2.10 bits per heavy atom. The molecule has 0 amide bonds. The van der Waals surface area contributed by atoms with E-state index in [9.17, 15) is 9.90 Å². The molecule has 0 bridgehead atoms. The van der Waals surface area contributed by atoms with E-state index in [2.05, 4.69) is 0 Å². The molecule has 1 aliphatic carbocycles. The van der Waals surface area contributed by atoms with Crippen molar-refractivity contribution in [1.29, 1.82) is 0 Å². The standard InChI is InChI=1S/C16H22O5/c1-3-20-14-9-5-8-13(16(17)18)15(14)21-12-7-4-6-11(10-12)19-2/h5,8-9,11-12H,3-4,6-7,10H2,1-2H3,(H,17,18). The summed E-state index contributed by atoms with van der Waals surface area (Å²) in [6, 6.07) is 4.94. The van der Waals surface area contributed by atoms with Gasteiger partial charge in [0, 0.05) is 13.5 Å². The van der Waals surface area contributed by atoms with Crippen LogP contribution in [-0.2, 0) is 4.74 Å². The number of hydrogen-bond donors (Lipinski definition) is 1. The molecule has 116 valence electrons. The molecule has 1 fully saturated rings. The van der Waals surface area contributed by atoms with Crippen molar-refractivity contribution in [2.75, 3.05) is 13.7 Å². The average Bonchev–Trinajstić information content (AvgIpc) is 2.49. The van der Waals surface area contributed by atoms with E-state index in [1.165, 1.54) is 6.07 Å². The van der Waals surface area contributed by atoms with Crippen molar-refractivity contribution in [2.45, 2.75) is 44.8 Å². The van der Waals surface area contributed by atoms with Crippen LogP contribution in [-0.4, -0.2) is 37.0 Å². The monoisotopic (exact) mass is 294 g/mol. The van der Waals surface area contributed by atoms with Crippen molar-refractivity contribution in [3.05, 3.63) is 23.8 Å². The molecule has 0 aliphatic heterocycles. The van der Waals surface area contributed by atoms with Crippen LogP contribution in [0.1, 0.15) is 43.0 Å². The van der Waals surface area contributed by atoms with Gasteiger partial charge in [0.15, 0.2) is 11.5 Å². The zero-order valence-corrected chi connectivity index (χ0v) is 12.5. The molecule has 0 radical (unpaired) electrons. The predicted octanol–water partition coefficient (Wildman–Crippen LogP) is 3.12. The molecule has 21 heavy (non-hydrogen) atoms. The number of carbonyl (C=O) groups is 1. The highest BCUT2D eigenvalue weighted by atomic mass is 16.5. The number of ether oxygens (including phenoxy) is 3. The Morgan fingerprint density at radius 1 is 1.33 bits per heavy atom. The molecule has 5 nitrogen and oxygen atoms in total. The lowest BCUT2D eigenvalue weighted by molar-refractivity contribution is 0.0194. The minimum absolute atomic E-state index is 0.0385. The van der Waals surface area contributed by atoms with Gasteiger partial charge in [0.05, 0.1) is 12.7 Å². The first-order valence-electron chi connectivity index (χ1n) is 7.34. The van der Waals surface area contributed by atoms with Crippen LogP contribution in [0.15, 0.2) is 18.2 Å². The molecule has 0 spiro atoms. The van der Waals surface area contributed by atoms with E-state index in [4.69, 9.17) is 14.2 Å². The van der Waals surface area contributed by atoms with Crippen LogP contribution in [0, 0.1) is 0 Å². The Bertz CT molecular complexity index is 486. The first kappa shape index (κ1) is 15.6. The van der Waals surface area contributed by atoms with Crippen LogP contribution in [0.3, 0.4) is 0 Å². The molecule has 0 heterocycles. The summed E-state index contributed by atoms with van der Waals surface area (Å²) in [5, 5.41) is 9.33. The lowest BCUT2D eigenvalue weighted by atomic mass is 9.95. The molecule has 2 rings (SSSR count). The van der Waals surface area contributed by atoms with Crippen LogP contribution in [0.4, 0.5) is 0 Å². The van der Waals surface area contributed by atoms with Gasteiger partial charge in [-0.05, 0) is 38.3 Å². The van der Waals surface area contributed by atoms with Crippen molar-refractivity contribution >= 4 is 5.97 Å². The van der Waals surface area contributed by atoms with E-state index in [0.29, 0.717) is 18.1 Å². The molecule has 2 atom stereocenters. The molecule has 0 aromatic heterocycles. The maximum Gasteiger partial charge on any atom is 0.339 e. The van der Waals surface area contributed by atoms with Gasteiger partial charge in [-0.1, -0.05) is 6.07 Å². The Balaban J connectivity index is 2.22. The highest BCUT2D eigenvalue weighted by molar-refractivity contribution is 5.92. The van der Waals surface area contributed by atoms with Crippen molar-refractivity contribution in [3.8, 4) is 11.5 Å². The number of para-hydroxylation sites is 1.